The second kappa shape index (κ2) is 9.61. The van der Waals surface area contributed by atoms with Gasteiger partial charge in [-0.2, -0.15) is 0 Å². The predicted octanol–water partition coefficient (Wildman–Crippen LogP) is 3.49. The Balaban J connectivity index is 1.67. The molecule has 36 heavy (non-hydrogen) atoms. The Hall–Kier alpha value is -4.53. The Bertz CT molecular complexity index is 1350. The highest BCUT2D eigenvalue weighted by Crippen LogP contribution is 2.45. The van der Waals surface area contributed by atoms with Gasteiger partial charge in [0.2, 0.25) is 0 Å². The standard InChI is InChI=1S/C27H24N2O7/c1-33-18-6-7-19(21(13-18)34-2)24-23(25(30)17-5-8-20-22(12-17)36-11-10-35-20)26(31)27(32)29(24)15-16-4-3-9-28-14-16/h3-9,12-14,24,30H,10-11,15H2,1-2H3/t24-/m0/s1. The summed E-state index contributed by atoms with van der Waals surface area (Å²) in [5.74, 6) is 0.102. The predicted molar refractivity (Wildman–Crippen MR) is 129 cm³/mol. The van der Waals surface area contributed by atoms with E-state index in [2.05, 4.69) is 4.98 Å². The maximum absolute atomic E-state index is 13.4. The van der Waals surface area contributed by atoms with Crippen LogP contribution in [0.3, 0.4) is 0 Å². The molecular formula is C27H24N2O7. The summed E-state index contributed by atoms with van der Waals surface area (Å²) in [7, 11) is 3.02. The largest absolute Gasteiger partial charge is 0.507 e. The molecule has 0 radical (unpaired) electrons. The molecule has 9 nitrogen and oxygen atoms in total. The number of aromatic nitrogens is 1. The molecular weight excluding hydrogens is 464 g/mol. The zero-order chi connectivity index (χ0) is 25.2. The molecule has 1 N–H and O–H groups in total. The van der Waals surface area contributed by atoms with Gasteiger partial charge in [0.05, 0.1) is 25.8 Å². The first-order valence-corrected chi connectivity index (χ1v) is 11.3. The van der Waals surface area contributed by atoms with E-state index < -0.39 is 17.7 Å². The van der Waals surface area contributed by atoms with Crippen molar-refractivity contribution in [2.24, 2.45) is 0 Å². The van der Waals surface area contributed by atoms with E-state index in [-0.39, 0.29) is 17.9 Å². The lowest BCUT2D eigenvalue weighted by Crippen LogP contribution is -2.29. The number of likely N-dealkylation sites (tertiary alicyclic amines) is 1. The number of aliphatic hydroxyl groups is 1. The minimum Gasteiger partial charge on any atom is -0.507 e. The van der Waals surface area contributed by atoms with Crippen LogP contribution in [-0.4, -0.2) is 54.1 Å². The van der Waals surface area contributed by atoms with Gasteiger partial charge in [0, 0.05) is 36.1 Å². The van der Waals surface area contributed by atoms with Crippen LogP contribution in [0.4, 0.5) is 0 Å². The van der Waals surface area contributed by atoms with Crippen LogP contribution < -0.4 is 18.9 Å². The molecule has 2 aromatic carbocycles. The SMILES string of the molecule is COc1ccc([C@H]2C(=C(O)c3ccc4c(c3)OCCO4)C(=O)C(=O)N2Cc2cccnc2)c(OC)c1. The number of nitrogens with zero attached hydrogens (tertiary/aromatic N) is 2. The van der Waals surface area contributed by atoms with E-state index in [1.165, 1.54) is 19.1 Å². The van der Waals surface area contributed by atoms with E-state index in [9.17, 15) is 14.7 Å². The van der Waals surface area contributed by atoms with Crippen LogP contribution in [0.1, 0.15) is 22.7 Å². The number of amides is 1. The van der Waals surface area contributed by atoms with Gasteiger partial charge in [0.25, 0.3) is 11.7 Å². The van der Waals surface area contributed by atoms with Crippen molar-refractivity contribution in [3.8, 4) is 23.0 Å². The number of Topliss-reactive ketones (excluding diaryl/α,β-unsaturated/α-hetero) is 1. The Morgan fingerprint density at radius 3 is 2.58 bits per heavy atom. The number of methoxy groups -OCH3 is 2. The minimum atomic E-state index is -0.917. The molecule has 0 aliphatic carbocycles. The number of ketones is 1. The van der Waals surface area contributed by atoms with E-state index in [0.29, 0.717) is 47.3 Å². The number of aliphatic hydroxyl groups excluding tert-OH is 1. The monoisotopic (exact) mass is 488 g/mol. The molecule has 3 heterocycles. The zero-order valence-electron chi connectivity index (χ0n) is 19.8. The molecule has 1 atom stereocenters. The smallest absolute Gasteiger partial charge is 0.295 e. The molecule has 0 unspecified atom stereocenters. The van der Waals surface area contributed by atoms with Gasteiger partial charge in [-0.05, 0) is 42.0 Å². The number of rotatable bonds is 6. The number of benzene rings is 2. The molecule has 0 saturated carbocycles. The average Bonchev–Trinajstić information content (AvgIpc) is 3.17. The molecule has 0 spiro atoms. The van der Waals surface area contributed by atoms with Crippen molar-refractivity contribution < 1.29 is 33.6 Å². The Kier molecular flexibility index (Phi) is 6.20. The van der Waals surface area contributed by atoms with E-state index in [4.69, 9.17) is 18.9 Å². The Labute approximate surface area is 207 Å². The van der Waals surface area contributed by atoms with Crippen molar-refractivity contribution in [3.63, 3.8) is 0 Å². The molecule has 1 saturated heterocycles. The highest BCUT2D eigenvalue weighted by Gasteiger charge is 2.47. The van der Waals surface area contributed by atoms with Gasteiger partial charge in [-0.3, -0.25) is 14.6 Å². The molecule has 9 heteroatoms. The summed E-state index contributed by atoms with van der Waals surface area (Å²) in [6, 6.07) is 12.6. The summed E-state index contributed by atoms with van der Waals surface area (Å²) in [6.45, 7) is 0.904. The summed E-state index contributed by atoms with van der Waals surface area (Å²) in [6.07, 6.45) is 3.26. The molecule has 1 fully saturated rings. The van der Waals surface area contributed by atoms with Crippen LogP contribution >= 0.6 is 0 Å². The third kappa shape index (κ3) is 4.08. The number of carbonyl (C=O) groups is 2. The van der Waals surface area contributed by atoms with Crippen LogP contribution in [0, 0.1) is 0 Å². The number of ether oxygens (including phenoxy) is 4. The van der Waals surface area contributed by atoms with E-state index >= 15 is 0 Å². The average molecular weight is 488 g/mol. The molecule has 1 aromatic heterocycles. The first-order chi connectivity index (χ1) is 17.5. The van der Waals surface area contributed by atoms with Crippen molar-refractivity contribution >= 4 is 17.4 Å². The fraction of sp³-hybridized carbons (Fsp3) is 0.222. The van der Waals surface area contributed by atoms with E-state index in [0.717, 1.165) is 5.56 Å². The summed E-state index contributed by atoms with van der Waals surface area (Å²) in [5, 5.41) is 11.4. The molecule has 3 aromatic rings. The molecule has 5 rings (SSSR count). The summed E-state index contributed by atoms with van der Waals surface area (Å²) >= 11 is 0. The molecule has 1 amide bonds. The lowest BCUT2D eigenvalue weighted by molar-refractivity contribution is -0.140. The first-order valence-electron chi connectivity index (χ1n) is 11.3. The van der Waals surface area contributed by atoms with Crippen molar-refractivity contribution in [2.45, 2.75) is 12.6 Å². The number of carbonyl (C=O) groups excluding carboxylic acids is 2. The zero-order valence-corrected chi connectivity index (χ0v) is 19.8. The second-order valence-corrected chi connectivity index (χ2v) is 8.25. The van der Waals surface area contributed by atoms with Crippen molar-refractivity contribution in [2.75, 3.05) is 27.4 Å². The summed E-state index contributed by atoms with van der Waals surface area (Å²) in [4.78, 5) is 32.2. The van der Waals surface area contributed by atoms with Crippen LogP contribution in [0.5, 0.6) is 23.0 Å². The van der Waals surface area contributed by atoms with Gasteiger partial charge in [-0.15, -0.1) is 0 Å². The molecule has 0 bridgehead atoms. The van der Waals surface area contributed by atoms with Gasteiger partial charge in [0.1, 0.15) is 30.5 Å². The van der Waals surface area contributed by atoms with Crippen LogP contribution in [0.25, 0.3) is 5.76 Å². The van der Waals surface area contributed by atoms with Crippen LogP contribution in [0.15, 0.2) is 66.5 Å². The van der Waals surface area contributed by atoms with Gasteiger partial charge >= 0.3 is 0 Å². The van der Waals surface area contributed by atoms with Gasteiger partial charge < -0.3 is 29.0 Å². The molecule has 2 aliphatic heterocycles. The number of pyridine rings is 1. The topological polar surface area (TPSA) is 107 Å². The van der Waals surface area contributed by atoms with Gasteiger partial charge in [-0.1, -0.05) is 6.07 Å². The van der Waals surface area contributed by atoms with Crippen molar-refractivity contribution in [3.05, 3.63) is 83.2 Å². The highest BCUT2D eigenvalue weighted by molar-refractivity contribution is 6.46. The minimum absolute atomic E-state index is 0.0518. The number of hydrogen-bond donors (Lipinski definition) is 1. The lowest BCUT2D eigenvalue weighted by Gasteiger charge is -2.27. The third-order valence-electron chi connectivity index (χ3n) is 6.17. The van der Waals surface area contributed by atoms with E-state index in [1.807, 2.05) is 6.07 Å². The Morgan fingerprint density at radius 1 is 1.06 bits per heavy atom. The Morgan fingerprint density at radius 2 is 1.86 bits per heavy atom. The summed E-state index contributed by atoms with van der Waals surface area (Å²) in [5.41, 5.74) is 1.54. The molecule has 2 aliphatic rings. The third-order valence-corrected chi connectivity index (χ3v) is 6.17. The number of hydrogen-bond acceptors (Lipinski definition) is 8. The van der Waals surface area contributed by atoms with E-state index in [1.54, 1.807) is 54.9 Å². The van der Waals surface area contributed by atoms with Crippen LogP contribution in [-0.2, 0) is 16.1 Å². The second-order valence-electron chi connectivity index (χ2n) is 8.25. The fourth-order valence-corrected chi connectivity index (χ4v) is 4.45. The fourth-order valence-electron chi connectivity index (χ4n) is 4.45. The van der Waals surface area contributed by atoms with Crippen molar-refractivity contribution in [1.29, 1.82) is 0 Å². The van der Waals surface area contributed by atoms with Gasteiger partial charge in [0.15, 0.2) is 11.5 Å². The lowest BCUT2D eigenvalue weighted by atomic mass is 9.94. The normalized spacial score (nSPS) is 18.3. The maximum Gasteiger partial charge on any atom is 0.295 e. The first kappa shape index (κ1) is 23.2. The number of fused-ring (bicyclic) bond motifs is 1. The van der Waals surface area contributed by atoms with Crippen molar-refractivity contribution in [1.82, 2.24) is 9.88 Å². The molecule has 184 valence electrons. The van der Waals surface area contributed by atoms with Crippen LogP contribution in [0.2, 0.25) is 0 Å². The quantitative estimate of drug-likeness (QED) is 0.319. The summed E-state index contributed by atoms with van der Waals surface area (Å²) < 4.78 is 22.1. The van der Waals surface area contributed by atoms with Gasteiger partial charge in [-0.25, -0.2) is 0 Å². The maximum atomic E-state index is 13.4. The highest BCUT2D eigenvalue weighted by atomic mass is 16.6.